The average Bonchev–Trinajstić information content (AvgIpc) is 2.27. The largest absolute Gasteiger partial charge is 0.548 e. The Kier molecular flexibility index (Phi) is 5.34. The third kappa shape index (κ3) is 4.49. The molecule has 5 heteroatoms. The number of carbonyl (C=O) groups excluding carboxylic acids is 2. The van der Waals surface area contributed by atoms with Gasteiger partial charge in [-0.3, -0.25) is 4.79 Å². The highest BCUT2D eigenvalue weighted by atomic mass is 79.9. The molecule has 0 aliphatic rings. The Hall–Kier alpha value is -1.36. The zero-order valence-corrected chi connectivity index (χ0v) is 11.9. The molecule has 0 aromatic heterocycles. The summed E-state index contributed by atoms with van der Waals surface area (Å²) in [6, 6.07) is 5.81. The van der Waals surface area contributed by atoms with Gasteiger partial charge in [0.1, 0.15) is 0 Å². The van der Waals surface area contributed by atoms with E-state index in [1.54, 1.807) is 24.3 Å². The molecule has 1 amide bonds. The molecule has 0 aliphatic heterocycles. The van der Waals surface area contributed by atoms with Gasteiger partial charge in [0, 0.05) is 10.0 Å². The Bertz CT molecular complexity index is 446. The fourth-order valence-corrected chi connectivity index (χ4v) is 1.96. The van der Waals surface area contributed by atoms with E-state index >= 15 is 0 Å². The van der Waals surface area contributed by atoms with E-state index in [-0.39, 0.29) is 5.92 Å². The lowest BCUT2D eigenvalue weighted by Crippen LogP contribution is -2.48. The monoisotopic (exact) mass is 312 g/mol. The van der Waals surface area contributed by atoms with Crippen molar-refractivity contribution in [1.82, 2.24) is 5.32 Å². The van der Waals surface area contributed by atoms with Crippen LogP contribution in [-0.2, 0) is 4.79 Å². The summed E-state index contributed by atoms with van der Waals surface area (Å²) in [5.41, 5.74) is 0.416. The SMILES string of the molecule is CC(C)C[C@H](NC(=O)c1cccc(Br)c1)C(=O)[O-]. The van der Waals surface area contributed by atoms with Crippen LogP contribution in [0.3, 0.4) is 0 Å². The zero-order valence-electron chi connectivity index (χ0n) is 10.3. The van der Waals surface area contributed by atoms with Crippen molar-refractivity contribution in [3.8, 4) is 0 Å². The van der Waals surface area contributed by atoms with Crippen LogP contribution in [-0.4, -0.2) is 17.9 Å². The Morgan fingerprint density at radius 2 is 2.06 bits per heavy atom. The fourth-order valence-electron chi connectivity index (χ4n) is 1.56. The summed E-state index contributed by atoms with van der Waals surface area (Å²) < 4.78 is 0.768. The van der Waals surface area contributed by atoms with Gasteiger partial charge in [0.2, 0.25) is 0 Å². The number of carboxylic acid groups (broad SMARTS) is 1. The average molecular weight is 313 g/mol. The predicted molar refractivity (Wildman–Crippen MR) is 69.9 cm³/mol. The first-order valence-electron chi connectivity index (χ1n) is 5.67. The van der Waals surface area contributed by atoms with E-state index in [2.05, 4.69) is 21.2 Å². The molecule has 4 nitrogen and oxygen atoms in total. The lowest BCUT2D eigenvalue weighted by molar-refractivity contribution is -0.308. The van der Waals surface area contributed by atoms with Crippen molar-refractivity contribution in [2.24, 2.45) is 5.92 Å². The third-order valence-electron chi connectivity index (χ3n) is 2.38. The summed E-state index contributed by atoms with van der Waals surface area (Å²) in [7, 11) is 0. The minimum absolute atomic E-state index is 0.163. The number of hydrogen-bond acceptors (Lipinski definition) is 3. The number of carbonyl (C=O) groups is 2. The van der Waals surface area contributed by atoms with Crippen LogP contribution in [0, 0.1) is 5.92 Å². The molecule has 1 rings (SSSR count). The van der Waals surface area contributed by atoms with Gasteiger partial charge in [0.15, 0.2) is 0 Å². The minimum Gasteiger partial charge on any atom is -0.548 e. The van der Waals surface area contributed by atoms with Crippen molar-refractivity contribution < 1.29 is 14.7 Å². The molecule has 1 N–H and O–H groups in total. The van der Waals surface area contributed by atoms with Crippen molar-refractivity contribution in [3.05, 3.63) is 34.3 Å². The van der Waals surface area contributed by atoms with Crippen molar-refractivity contribution in [2.75, 3.05) is 0 Å². The van der Waals surface area contributed by atoms with E-state index < -0.39 is 17.9 Å². The van der Waals surface area contributed by atoms with Crippen LogP contribution in [0.25, 0.3) is 0 Å². The van der Waals surface area contributed by atoms with E-state index in [1.165, 1.54) is 0 Å². The molecule has 98 valence electrons. The molecule has 0 saturated carbocycles. The Balaban J connectivity index is 2.75. The molecule has 0 bridgehead atoms. The lowest BCUT2D eigenvalue weighted by atomic mass is 10.0. The van der Waals surface area contributed by atoms with Gasteiger partial charge in [-0.15, -0.1) is 0 Å². The third-order valence-corrected chi connectivity index (χ3v) is 2.88. The number of amides is 1. The van der Waals surface area contributed by atoms with E-state index in [4.69, 9.17) is 0 Å². The molecule has 0 heterocycles. The van der Waals surface area contributed by atoms with Crippen LogP contribution in [0.1, 0.15) is 30.6 Å². The van der Waals surface area contributed by atoms with Gasteiger partial charge in [-0.25, -0.2) is 0 Å². The van der Waals surface area contributed by atoms with Gasteiger partial charge in [-0.1, -0.05) is 35.8 Å². The number of nitrogens with one attached hydrogen (secondary N) is 1. The number of benzene rings is 1. The highest BCUT2D eigenvalue weighted by molar-refractivity contribution is 9.10. The van der Waals surface area contributed by atoms with Gasteiger partial charge < -0.3 is 15.2 Å². The predicted octanol–water partition coefficient (Wildman–Crippen LogP) is 1.34. The highest BCUT2D eigenvalue weighted by Gasteiger charge is 2.16. The number of hydrogen-bond donors (Lipinski definition) is 1. The van der Waals surface area contributed by atoms with E-state index in [0.717, 1.165) is 4.47 Å². The maximum absolute atomic E-state index is 11.9. The maximum atomic E-state index is 11.9. The van der Waals surface area contributed by atoms with Gasteiger partial charge in [-0.2, -0.15) is 0 Å². The van der Waals surface area contributed by atoms with Gasteiger partial charge in [0.25, 0.3) is 5.91 Å². The Morgan fingerprint density at radius 3 is 2.56 bits per heavy atom. The van der Waals surface area contributed by atoms with Crippen LogP contribution >= 0.6 is 15.9 Å². The smallest absolute Gasteiger partial charge is 0.251 e. The van der Waals surface area contributed by atoms with E-state index in [9.17, 15) is 14.7 Å². The van der Waals surface area contributed by atoms with Crippen LogP contribution in [0.5, 0.6) is 0 Å². The first-order valence-corrected chi connectivity index (χ1v) is 6.46. The summed E-state index contributed by atoms with van der Waals surface area (Å²) >= 11 is 3.26. The lowest BCUT2D eigenvalue weighted by Gasteiger charge is -2.21. The Labute approximate surface area is 115 Å². The second-order valence-corrected chi connectivity index (χ2v) is 5.40. The number of halogens is 1. The molecule has 0 aliphatic carbocycles. The molecule has 18 heavy (non-hydrogen) atoms. The Morgan fingerprint density at radius 1 is 1.39 bits per heavy atom. The number of rotatable bonds is 5. The van der Waals surface area contributed by atoms with Crippen molar-refractivity contribution >= 4 is 27.8 Å². The standard InChI is InChI=1S/C13H16BrNO3/c1-8(2)6-11(13(17)18)15-12(16)9-4-3-5-10(14)7-9/h3-5,7-8,11H,6H2,1-2H3,(H,15,16)(H,17,18)/p-1/t11-/m0/s1. The number of carboxylic acids is 1. The summed E-state index contributed by atoms with van der Waals surface area (Å²) in [5.74, 6) is -1.51. The molecule has 0 unspecified atom stereocenters. The fraction of sp³-hybridized carbons (Fsp3) is 0.385. The van der Waals surface area contributed by atoms with Gasteiger partial charge >= 0.3 is 0 Å². The second kappa shape index (κ2) is 6.54. The van der Waals surface area contributed by atoms with E-state index in [1.807, 2.05) is 13.8 Å². The quantitative estimate of drug-likeness (QED) is 0.892. The van der Waals surface area contributed by atoms with Gasteiger partial charge in [0.05, 0.1) is 12.0 Å². The highest BCUT2D eigenvalue weighted by Crippen LogP contribution is 2.12. The molecule has 1 aromatic carbocycles. The molecular formula is C13H15BrNO3-. The molecule has 0 fully saturated rings. The van der Waals surface area contributed by atoms with Crippen LogP contribution < -0.4 is 10.4 Å². The first-order chi connectivity index (χ1) is 8.40. The van der Waals surface area contributed by atoms with Gasteiger partial charge in [-0.05, 0) is 30.5 Å². The van der Waals surface area contributed by atoms with Crippen LogP contribution in [0.15, 0.2) is 28.7 Å². The number of aliphatic carboxylic acids is 1. The van der Waals surface area contributed by atoms with Crippen LogP contribution in [0.4, 0.5) is 0 Å². The molecule has 0 saturated heterocycles. The summed E-state index contributed by atoms with van der Waals surface area (Å²) in [6.45, 7) is 3.78. The normalized spacial score (nSPS) is 12.2. The zero-order chi connectivity index (χ0) is 13.7. The second-order valence-electron chi connectivity index (χ2n) is 4.48. The molecule has 0 spiro atoms. The maximum Gasteiger partial charge on any atom is 0.251 e. The van der Waals surface area contributed by atoms with Crippen LogP contribution in [0.2, 0.25) is 0 Å². The minimum atomic E-state index is -1.26. The topological polar surface area (TPSA) is 69.2 Å². The summed E-state index contributed by atoms with van der Waals surface area (Å²) in [5, 5.41) is 13.4. The first kappa shape index (κ1) is 14.7. The van der Waals surface area contributed by atoms with E-state index in [0.29, 0.717) is 12.0 Å². The summed E-state index contributed by atoms with van der Waals surface area (Å²) in [4.78, 5) is 22.8. The van der Waals surface area contributed by atoms with Crippen molar-refractivity contribution in [2.45, 2.75) is 26.3 Å². The molecular weight excluding hydrogens is 298 g/mol. The summed E-state index contributed by atoms with van der Waals surface area (Å²) in [6.07, 6.45) is 0.349. The molecule has 0 radical (unpaired) electrons. The molecule has 1 atom stereocenters. The van der Waals surface area contributed by atoms with Crippen molar-refractivity contribution in [1.29, 1.82) is 0 Å². The molecule has 1 aromatic rings. The van der Waals surface area contributed by atoms with Crippen molar-refractivity contribution in [3.63, 3.8) is 0 Å².